The number of amides is 3. The molecule has 0 radical (unpaired) electrons. The minimum absolute atomic E-state index is 0.137. The zero-order valence-corrected chi connectivity index (χ0v) is 13.8. The summed E-state index contributed by atoms with van der Waals surface area (Å²) >= 11 is 12.0. The molecule has 122 valence electrons. The van der Waals surface area contributed by atoms with E-state index in [4.69, 9.17) is 23.2 Å². The molecule has 0 unspecified atom stereocenters. The quantitative estimate of drug-likeness (QED) is 0.836. The molecule has 8 heteroatoms. The van der Waals surface area contributed by atoms with Gasteiger partial charge in [-0.25, -0.2) is 0 Å². The number of benzene rings is 1. The minimum Gasteiger partial charge on any atom is -0.347 e. The first-order valence-electron chi connectivity index (χ1n) is 7.24. The zero-order chi connectivity index (χ0) is 16.7. The van der Waals surface area contributed by atoms with Crippen LogP contribution >= 0.6 is 23.2 Å². The van der Waals surface area contributed by atoms with E-state index in [1.165, 1.54) is 4.90 Å². The van der Waals surface area contributed by atoms with Gasteiger partial charge in [0.1, 0.15) is 12.1 Å². The monoisotopic (exact) mass is 355 g/mol. The number of nitrogens with one attached hydrogen (secondary N) is 2. The highest BCUT2D eigenvalue weighted by molar-refractivity contribution is 6.39. The van der Waals surface area contributed by atoms with Gasteiger partial charge in [-0.05, 0) is 25.5 Å². The van der Waals surface area contributed by atoms with Crippen molar-refractivity contribution in [3.8, 4) is 0 Å². The van der Waals surface area contributed by atoms with E-state index < -0.39 is 18.0 Å². The highest BCUT2D eigenvalue weighted by Crippen LogP contribution is 2.26. The van der Waals surface area contributed by atoms with Crippen molar-refractivity contribution in [1.29, 1.82) is 0 Å². The van der Waals surface area contributed by atoms with Gasteiger partial charge in [0.25, 0.3) is 5.91 Å². The molecule has 23 heavy (non-hydrogen) atoms. The summed E-state index contributed by atoms with van der Waals surface area (Å²) in [6.07, 6.45) is 0.373. The first kappa shape index (κ1) is 16.1. The topological polar surface area (TPSA) is 78.5 Å². The van der Waals surface area contributed by atoms with Crippen LogP contribution in [-0.2, 0) is 9.59 Å². The average Bonchev–Trinajstić information content (AvgIpc) is 2.89. The molecular formula is C15H15Cl2N3O3. The second kappa shape index (κ2) is 6.02. The lowest BCUT2D eigenvalue weighted by atomic mass is 10.1. The maximum Gasteiger partial charge on any atom is 0.254 e. The van der Waals surface area contributed by atoms with Crippen LogP contribution in [0.4, 0.5) is 0 Å². The molecule has 2 saturated heterocycles. The highest BCUT2D eigenvalue weighted by Gasteiger charge is 2.45. The predicted octanol–water partition coefficient (Wildman–Crippen LogP) is 1.21. The van der Waals surface area contributed by atoms with Crippen molar-refractivity contribution in [3.63, 3.8) is 0 Å². The molecular weight excluding hydrogens is 341 g/mol. The van der Waals surface area contributed by atoms with Crippen LogP contribution in [0.5, 0.6) is 0 Å². The number of rotatable bonds is 2. The van der Waals surface area contributed by atoms with E-state index >= 15 is 0 Å². The Balaban J connectivity index is 1.74. The van der Waals surface area contributed by atoms with Gasteiger partial charge in [-0.3, -0.25) is 14.4 Å². The van der Waals surface area contributed by atoms with Gasteiger partial charge in [0.05, 0.1) is 15.6 Å². The van der Waals surface area contributed by atoms with Crippen LogP contribution in [0.3, 0.4) is 0 Å². The SMILES string of the molecule is C[C@@H]1NC(=O)[C@@H]2C[C@H](NC(=O)c3c(Cl)cccc3Cl)CN2C1=O. The number of hydrogen-bond donors (Lipinski definition) is 2. The Hall–Kier alpha value is -1.79. The third kappa shape index (κ3) is 2.88. The Morgan fingerprint density at radius 2 is 1.96 bits per heavy atom. The molecule has 2 N–H and O–H groups in total. The van der Waals surface area contributed by atoms with Crippen LogP contribution in [0.15, 0.2) is 18.2 Å². The van der Waals surface area contributed by atoms with E-state index in [0.717, 1.165) is 0 Å². The molecule has 0 saturated carbocycles. The Kier molecular flexibility index (Phi) is 4.21. The first-order valence-corrected chi connectivity index (χ1v) is 8.00. The van der Waals surface area contributed by atoms with E-state index in [9.17, 15) is 14.4 Å². The molecule has 3 amide bonds. The maximum atomic E-state index is 12.4. The zero-order valence-electron chi connectivity index (χ0n) is 12.3. The predicted molar refractivity (Wildman–Crippen MR) is 85.4 cm³/mol. The van der Waals surface area contributed by atoms with Gasteiger partial charge < -0.3 is 15.5 Å². The van der Waals surface area contributed by atoms with Crippen molar-refractivity contribution in [3.05, 3.63) is 33.8 Å². The Bertz CT molecular complexity index is 674. The fourth-order valence-corrected chi connectivity index (χ4v) is 3.59. The van der Waals surface area contributed by atoms with Crippen LogP contribution in [0.2, 0.25) is 10.0 Å². The Labute approximate surface area is 143 Å². The summed E-state index contributed by atoms with van der Waals surface area (Å²) in [5.74, 6) is -0.738. The summed E-state index contributed by atoms with van der Waals surface area (Å²) < 4.78 is 0. The molecule has 3 atom stereocenters. The molecule has 0 aromatic heterocycles. The maximum absolute atomic E-state index is 12.4. The van der Waals surface area contributed by atoms with Gasteiger partial charge in [0.2, 0.25) is 11.8 Å². The molecule has 3 rings (SSSR count). The molecule has 2 aliphatic rings. The Morgan fingerprint density at radius 1 is 1.30 bits per heavy atom. The van der Waals surface area contributed by atoms with Crippen molar-refractivity contribution in [1.82, 2.24) is 15.5 Å². The lowest BCUT2D eigenvalue weighted by Crippen LogP contribution is -2.60. The Morgan fingerprint density at radius 3 is 2.61 bits per heavy atom. The largest absolute Gasteiger partial charge is 0.347 e. The molecule has 1 aromatic rings. The number of nitrogens with zero attached hydrogens (tertiary/aromatic N) is 1. The smallest absolute Gasteiger partial charge is 0.254 e. The average molecular weight is 356 g/mol. The van der Waals surface area contributed by atoms with Crippen LogP contribution in [0, 0.1) is 0 Å². The first-order chi connectivity index (χ1) is 10.9. The molecule has 0 aliphatic carbocycles. The van der Waals surface area contributed by atoms with Gasteiger partial charge in [-0.15, -0.1) is 0 Å². The number of halogens is 2. The summed E-state index contributed by atoms with van der Waals surface area (Å²) in [6.45, 7) is 1.95. The molecule has 2 fully saturated rings. The molecule has 2 heterocycles. The molecule has 2 aliphatic heterocycles. The van der Waals surface area contributed by atoms with E-state index in [-0.39, 0.29) is 33.5 Å². The van der Waals surface area contributed by atoms with Crippen molar-refractivity contribution < 1.29 is 14.4 Å². The summed E-state index contributed by atoms with van der Waals surface area (Å²) in [6, 6.07) is 3.43. The normalized spacial score (nSPS) is 26.7. The number of carbonyl (C=O) groups excluding carboxylic acids is 3. The summed E-state index contributed by atoms with van der Waals surface area (Å²) in [4.78, 5) is 38.0. The van der Waals surface area contributed by atoms with E-state index in [0.29, 0.717) is 13.0 Å². The van der Waals surface area contributed by atoms with Gasteiger partial charge in [0.15, 0.2) is 0 Å². The highest BCUT2D eigenvalue weighted by atomic mass is 35.5. The van der Waals surface area contributed by atoms with Gasteiger partial charge >= 0.3 is 0 Å². The molecule has 6 nitrogen and oxygen atoms in total. The fraction of sp³-hybridized carbons (Fsp3) is 0.400. The lowest BCUT2D eigenvalue weighted by Gasteiger charge is -2.32. The summed E-state index contributed by atoms with van der Waals surface area (Å²) in [5.41, 5.74) is 0.199. The second-order valence-corrected chi connectivity index (χ2v) is 6.55. The van der Waals surface area contributed by atoms with Crippen molar-refractivity contribution in [2.75, 3.05) is 6.54 Å². The van der Waals surface area contributed by atoms with Crippen molar-refractivity contribution in [2.45, 2.75) is 31.5 Å². The molecule has 0 bridgehead atoms. The van der Waals surface area contributed by atoms with Crippen LogP contribution in [-0.4, -0.2) is 47.3 Å². The van der Waals surface area contributed by atoms with Crippen LogP contribution in [0.25, 0.3) is 0 Å². The number of hydrogen-bond acceptors (Lipinski definition) is 3. The third-order valence-electron chi connectivity index (χ3n) is 4.14. The van der Waals surface area contributed by atoms with Crippen molar-refractivity contribution in [2.24, 2.45) is 0 Å². The van der Waals surface area contributed by atoms with Gasteiger partial charge in [0, 0.05) is 12.6 Å². The number of carbonyl (C=O) groups is 3. The summed E-state index contributed by atoms with van der Waals surface area (Å²) in [7, 11) is 0. The van der Waals surface area contributed by atoms with E-state index in [1.807, 2.05) is 0 Å². The van der Waals surface area contributed by atoms with Crippen LogP contribution in [0.1, 0.15) is 23.7 Å². The second-order valence-electron chi connectivity index (χ2n) is 5.74. The van der Waals surface area contributed by atoms with Crippen molar-refractivity contribution >= 4 is 40.9 Å². The number of piperazine rings is 1. The standard InChI is InChI=1S/C15H15Cl2N3O3/c1-7-15(23)20-6-8(5-11(20)13(21)18-7)19-14(22)12-9(16)3-2-4-10(12)17/h2-4,7-8,11H,5-6H2,1H3,(H,18,21)(H,19,22)/t7-,8-,11-/m0/s1. The van der Waals surface area contributed by atoms with Crippen LogP contribution < -0.4 is 10.6 Å². The molecule has 0 spiro atoms. The van der Waals surface area contributed by atoms with E-state index in [2.05, 4.69) is 10.6 Å². The summed E-state index contributed by atoms with van der Waals surface area (Å²) in [5, 5.41) is 5.96. The fourth-order valence-electron chi connectivity index (χ4n) is 3.03. The third-order valence-corrected chi connectivity index (χ3v) is 4.77. The molecule has 1 aromatic carbocycles. The minimum atomic E-state index is -0.536. The van der Waals surface area contributed by atoms with Gasteiger partial charge in [-0.1, -0.05) is 29.3 Å². The van der Waals surface area contributed by atoms with E-state index in [1.54, 1.807) is 25.1 Å². The lowest BCUT2D eigenvalue weighted by molar-refractivity contribution is -0.146. The van der Waals surface area contributed by atoms with Gasteiger partial charge in [-0.2, -0.15) is 0 Å². The number of fused-ring (bicyclic) bond motifs is 1.